The molecule has 90 valence electrons. The van der Waals surface area contributed by atoms with E-state index in [1.54, 1.807) is 0 Å². The summed E-state index contributed by atoms with van der Waals surface area (Å²) in [5, 5.41) is 4.92. The number of nitrogens with zero attached hydrogens (tertiary/aromatic N) is 1. The molecule has 0 aromatic carbocycles. The molecule has 3 heteroatoms. The molecule has 0 spiro atoms. The van der Waals surface area contributed by atoms with E-state index in [9.17, 15) is 0 Å². The molecule has 0 aliphatic heterocycles. The number of aryl methyl sites for hydroxylation is 1. The first-order valence-electron chi connectivity index (χ1n) is 6.40. The summed E-state index contributed by atoms with van der Waals surface area (Å²) in [6.45, 7) is 5.53. The Hall–Kier alpha value is -0.410. The molecule has 0 bridgehead atoms. The van der Waals surface area contributed by atoms with Gasteiger partial charge in [0.15, 0.2) is 0 Å². The SMILES string of the molecule is Cc1cnc(CCNC(C)C2CCCC2)s1. The van der Waals surface area contributed by atoms with Crippen LogP contribution in [0.1, 0.15) is 42.5 Å². The highest BCUT2D eigenvalue weighted by Gasteiger charge is 2.20. The average Bonchev–Trinajstić information content (AvgIpc) is 2.89. The first-order valence-corrected chi connectivity index (χ1v) is 7.22. The Kier molecular flexibility index (Phi) is 4.36. The van der Waals surface area contributed by atoms with E-state index in [2.05, 4.69) is 24.1 Å². The molecule has 2 nitrogen and oxygen atoms in total. The zero-order valence-corrected chi connectivity index (χ0v) is 11.1. The van der Waals surface area contributed by atoms with Gasteiger partial charge in [-0.15, -0.1) is 11.3 Å². The molecule has 1 N–H and O–H groups in total. The van der Waals surface area contributed by atoms with Gasteiger partial charge in [0.2, 0.25) is 0 Å². The molecule has 1 aliphatic rings. The van der Waals surface area contributed by atoms with Crippen molar-refractivity contribution < 1.29 is 0 Å². The lowest BCUT2D eigenvalue weighted by atomic mass is 10.00. The van der Waals surface area contributed by atoms with E-state index in [4.69, 9.17) is 0 Å². The standard InChI is InChI=1S/C13H22N2S/c1-10-9-15-13(16-10)7-8-14-11(2)12-5-3-4-6-12/h9,11-12,14H,3-8H2,1-2H3. The van der Waals surface area contributed by atoms with Crippen LogP contribution in [0.5, 0.6) is 0 Å². The molecular weight excluding hydrogens is 216 g/mol. The number of thiazole rings is 1. The van der Waals surface area contributed by atoms with E-state index in [-0.39, 0.29) is 0 Å². The van der Waals surface area contributed by atoms with Crippen LogP contribution in [0.25, 0.3) is 0 Å². The van der Waals surface area contributed by atoms with Crippen LogP contribution in [0.2, 0.25) is 0 Å². The molecule has 1 aliphatic carbocycles. The molecule has 0 radical (unpaired) electrons. The van der Waals surface area contributed by atoms with Gasteiger partial charge in [0.25, 0.3) is 0 Å². The number of aromatic nitrogens is 1. The van der Waals surface area contributed by atoms with Gasteiger partial charge in [0.1, 0.15) is 0 Å². The summed E-state index contributed by atoms with van der Waals surface area (Å²) in [5.74, 6) is 0.915. The van der Waals surface area contributed by atoms with Crippen LogP contribution in [-0.4, -0.2) is 17.6 Å². The van der Waals surface area contributed by atoms with Crippen molar-refractivity contribution in [1.29, 1.82) is 0 Å². The number of rotatable bonds is 5. The number of hydrogen-bond acceptors (Lipinski definition) is 3. The van der Waals surface area contributed by atoms with E-state index < -0.39 is 0 Å². The molecule has 1 heterocycles. The van der Waals surface area contributed by atoms with Crippen LogP contribution in [0, 0.1) is 12.8 Å². The Morgan fingerprint density at radius 1 is 1.50 bits per heavy atom. The largest absolute Gasteiger partial charge is 0.314 e. The summed E-state index contributed by atoms with van der Waals surface area (Å²) in [4.78, 5) is 5.71. The molecule has 1 aromatic rings. The predicted molar refractivity (Wildman–Crippen MR) is 70.0 cm³/mol. The van der Waals surface area contributed by atoms with Gasteiger partial charge in [0.05, 0.1) is 5.01 Å². The van der Waals surface area contributed by atoms with Crippen LogP contribution in [-0.2, 0) is 6.42 Å². The third kappa shape index (κ3) is 3.29. The molecule has 16 heavy (non-hydrogen) atoms. The van der Waals surface area contributed by atoms with Crippen LogP contribution in [0.4, 0.5) is 0 Å². The third-order valence-electron chi connectivity index (χ3n) is 3.58. The Morgan fingerprint density at radius 2 is 2.25 bits per heavy atom. The zero-order chi connectivity index (χ0) is 11.4. The van der Waals surface area contributed by atoms with Gasteiger partial charge in [-0.05, 0) is 32.6 Å². The summed E-state index contributed by atoms with van der Waals surface area (Å²) in [7, 11) is 0. The Balaban J connectivity index is 1.67. The maximum absolute atomic E-state index is 4.39. The predicted octanol–water partition coefficient (Wildman–Crippen LogP) is 3.16. The summed E-state index contributed by atoms with van der Waals surface area (Å²) < 4.78 is 0. The Morgan fingerprint density at radius 3 is 2.88 bits per heavy atom. The molecule has 1 fully saturated rings. The molecule has 1 saturated carbocycles. The van der Waals surface area contributed by atoms with Crippen molar-refractivity contribution in [3.8, 4) is 0 Å². The molecular formula is C13H22N2S. The minimum absolute atomic E-state index is 0.684. The van der Waals surface area contributed by atoms with Gasteiger partial charge >= 0.3 is 0 Å². The maximum atomic E-state index is 4.39. The molecule has 1 unspecified atom stereocenters. The van der Waals surface area contributed by atoms with E-state index in [0.717, 1.165) is 18.9 Å². The summed E-state index contributed by atoms with van der Waals surface area (Å²) in [6, 6.07) is 0.684. The summed E-state index contributed by atoms with van der Waals surface area (Å²) in [5.41, 5.74) is 0. The minimum Gasteiger partial charge on any atom is -0.314 e. The van der Waals surface area contributed by atoms with Crippen LogP contribution >= 0.6 is 11.3 Å². The summed E-state index contributed by atoms with van der Waals surface area (Å²) >= 11 is 1.82. The fraction of sp³-hybridized carbons (Fsp3) is 0.769. The first-order chi connectivity index (χ1) is 7.75. The van der Waals surface area contributed by atoms with Crippen molar-refractivity contribution in [1.82, 2.24) is 10.3 Å². The van der Waals surface area contributed by atoms with Gasteiger partial charge in [-0.1, -0.05) is 12.8 Å². The minimum atomic E-state index is 0.684. The number of hydrogen-bond donors (Lipinski definition) is 1. The Labute approximate surface area is 102 Å². The molecule has 0 amide bonds. The highest BCUT2D eigenvalue weighted by molar-refractivity contribution is 7.11. The third-order valence-corrected chi connectivity index (χ3v) is 4.55. The van der Waals surface area contributed by atoms with E-state index in [0.29, 0.717) is 6.04 Å². The maximum Gasteiger partial charge on any atom is 0.0940 e. The normalized spacial score (nSPS) is 19.1. The molecule has 1 atom stereocenters. The van der Waals surface area contributed by atoms with Gasteiger partial charge in [-0.2, -0.15) is 0 Å². The van der Waals surface area contributed by atoms with Crippen molar-refractivity contribution >= 4 is 11.3 Å². The van der Waals surface area contributed by atoms with Crippen LogP contribution < -0.4 is 5.32 Å². The molecule has 0 saturated heterocycles. The zero-order valence-electron chi connectivity index (χ0n) is 10.3. The lowest BCUT2D eigenvalue weighted by Crippen LogP contribution is -2.33. The van der Waals surface area contributed by atoms with Crippen molar-refractivity contribution in [2.75, 3.05) is 6.54 Å². The second-order valence-electron chi connectivity index (χ2n) is 4.90. The smallest absolute Gasteiger partial charge is 0.0940 e. The monoisotopic (exact) mass is 238 g/mol. The van der Waals surface area contributed by atoms with Crippen LogP contribution in [0.3, 0.4) is 0 Å². The summed E-state index contributed by atoms with van der Waals surface area (Å²) in [6.07, 6.45) is 8.76. The lowest BCUT2D eigenvalue weighted by molar-refractivity contribution is 0.384. The fourth-order valence-electron chi connectivity index (χ4n) is 2.55. The van der Waals surface area contributed by atoms with Gasteiger partial charge in [-0.25, -0.2) is 4.98 Å². The van der Waals surface area contributed by atoms with Gasteiger partial charge < -0.3 is 5.32 Å². The van der Waals surface area contributed by atoms with Crippen LogP contribution in [0.15, 0.2) is 6.20 Å². The van der Waals surface area contributed by atoms with Crippen molar-refractivity contribution in [3.05, 3.63) is 16.1 Å². The highest BCUT2D eigenvalue weighted by atomic mass is 32.1. The number of nitrogens with one attached hydrogen (secondary N) is 1. The van der Waals surface area contributed by atoms with Crippen molar-refractivity contribution in [2.24, 2.45) is 5.92 Å². The highest BCUT2D eigenvalue weighted by Crippen LogP contribution is 2.27. The van der Waals surface area contributed by atoms with Crippen molar-refractivity contribution in [2.45, 2.75) is 52.0 Å². The van der Waals surface area contributed by atoms with E-state index in [1.807, 2.05) is 17.5 Å². The lowest BCUT2D eigenvalue weighted by Gasteiger charge is -2.19. The van der Waals surface area contributed by atoms with Crippen molar-refractivity contribution in [3.63, 3.8) is 0 Å². The Bertz CT molecular complexity index is 315. The topological polar surface area (TPSA) is 24.9 Å². The average molecular weight is 238 g/mol. The molecule has 2 rings (SSSR count). The second kappa shape index (κ2) is 5.78. The van der Waals surface area contributed by atoms with E-state index >= 15 is 0 Å². The van der Waals surface area contributed by atoms with Gasteiger partial charge in [-0.3, -0.25) is 0 Å². The fourth-order valence-corrected chi connectivity index (χ4v) is 3.33. The first kappa shape index (κ1) is 12.1. The van der Waals surface area contributed by atoms with Gasteiger partial charge in [0, 0.05) is 30.1 Å². The molecule has 1 aromatic heterocycles. The quantitative estimate of drug-likeness (QED) is 0.852. The van der Waals surface area contributed by atoms with E-state index in [1.165, 1.54) is 35.6 Å². The second-order valence-corrected chi connectivity index (χ2v) is 6.22.